The molecule has 2 heteroatoms. The third-order valence-electron chi connectivity index (χ3n) is 9.73. The topological polar surface area (TPSA) is 3.24 Å². The van der Waals surface area contributed by atoms with E-state index in [1.165, 1.54) is 71.3 Å². The number of aryl methyl sites for hydroxylation is 1. The molecule has 0 radical (unpaired) electrons. The summed E-state index contributed by atoms with van der Waals surface area (Å²) < 4.78 is 0. The number of nitrogens with zero attached hydrogens (tertiary/aromatic N) is 1. The van der Waals surface area contributed by atoms with Gasteiger partial charge < -0.3 is 4.90 Å². The highest BCUT2D eigenvalue weighted by molar-refractivity contribution is 7.80. The van der Waals surface area contributed by atoms with Crippen molar-refractivity contribution in [3.8, 4) is 0 Å². The number of hydrogen-bond acceptors (Lipinski definition) is 1. The van der Waals surface area contributed by atoms with E-state index in [0.717, 1.165) is 24.3 Å². The monoisotopic (exact) mass is 541 g/mol. The summed E-state index contributed by atoms with van der Waals surface area (Å²) in [5.74, 6) is 2.72. The number of anilines is 1. The highest BCUT2D eigenvalue weighted by atomic mass is 31.1. The van der Waals surface area contributed by atoms with Gasteiger partial charge in [0.15, 0.2) is 0 Å². The lowest BCUT2D eigenvalue weighted by Gasteiger charge is -2.61. The quantitative estimate of drug-likeness (QED) is 0.203. The van der Waals surface area contributed by atoms with Gasteiger partial charge in [-0.3, -0.25) is 0 Å². The van der Waals surface area contributed by atoms with Gasteiger partial charge in [0.25, 0.3) is 0 Å². The van der Waals surface area contributed by atoms with E-state index < -0.39 is 7.92 Å². The number of rotatable bonds is 8. The van der Waals surface area contributed by atoms with E-state index in [4.69, 9.17) is 0 Å². The molecule has 0 aromatic heterocycles. The van der Waals surface area contributed by atoms with Gasteiger partial charge in [-0.1, -0.05) is 121 Å². The summed E-state index contributed by atoms with van der Waals surface area (Å²) in [6.45, 7) is 3.32. The summed E-state index contributed by atoms with van der Waals surface area (Å²) in [5.41, 5.74) is 4.47. The molecule has 4 saturated carbocycles. The maximum atomic E-state index is 2.92. The van der Waals surface area contributed by atoms with Crippen LogP contribution in [0, 0.1) is 24.7 Å². The van der Waals surface area contributed by atoms with Crippen LogP contribution in [0.3, 0.4) is 0 Å². The maximum absolute atomic E-state index is 2.92. The van der Waals surface area contributed by atoms with Crippen LogP contribution in [0.1, 0.15) is 49.7 Å². The molecular weight excluding hydrogens is 501 g/mol. The Morgan fingerprint density at radius 3 is 1.75 bits per heavy atom. The maximum Gasteiger partial charge on any atom is 0.0488 e. The Balaban J connectivity index is 1.38. The number of para-hydroxylation sites is 1. The average molecular weight is 542 g/mol. The summed E-state index contributed by atoms with van der Waals surface area (Å²) in [6.07, 6.45) is 13.3. The molecule has 4 aliphatic carbocycles. The second kappa shape index (κ2) is 11.0. The van der Waals surface area contributed by atoms with Crippen LogP contribution in [-0.4, -0.2) is 12.1 Å². The zero-order chi connectivity index (χ0) is 26.9. The third kappa shape index (κ3) is 4.95. The molecule has 4 aliphatic rings. The molecule has 8 rings (SSSR count). The van der Waals surface area contributed by atoms with E-state index in [9.17, 15) is 0 Å². The summed E-state index contributed by atoms with van der Waals surface area (Å²) in [4.78, 5) is 2.92. The molecule has 0 unspecified atom stereocenters. The molecular formula is C38H40NP. The summed E-state index contributed by atoms with van der Waals surface area (Å²) >= 11 is 0. The highest BCUT2D eigenvalue weighted by Crippen LogP contribution is 2.59. The molecule has 0 N–H and O–H groups in total. The van der Waals surface area contributed by atoms with Gasteiger partial charge in [0.05, 0.1) is 0 Å². The Kier molecular flexibility index (Phi) is 7.11. The van der Waals surface area contributed by atoms with Crippen LogP contribution in [0.4, 0.5) is 5.69 Å². The smallest absolute Gasteiger partial charge is 0.0488 e. The van der Waals surface area contributed by atoms with Gasteiger partial charge in [-0.2, -0.15) is 0 Å². The van der Waals surface area contributed by atoms with E-state index in [2.05, 4.69) is 133 Å². The largest absolute Gasteiger partial charge is 0.361 e. The molecule has 0 saturated heterocycles. The minimum Gasteiger partial charge on any atom is -0.361 e. The second-order valence-corrected chi connectivity index (χ2v) is 14.7. The van der Waals surface area contributed by atoms with Crippen LogP contribution in [0.5, 0.6) is 0 Å². The van der Waals surface area contributed by atoms with Gasteiger partial charge in [-0.15, -0.1) is 0 Å². The van der Waals surface area contributed by atoms with E-state index in [1.54, 1.807) is 0 Å². The summed E-state index contributed by atoms with van der Waals surface area (Å²) in [5, 5.41) is 4.37. The van der Waals surface area contributed by atoms with Crippen molar-refractivity contribution in [2.75, 3.05) is 11.4 Å². The van der Waals surface area contributed by atoms with Crippen LogP contribution in [0.15, 0.2) is 115 Å². The molecule has 0 spiro atoms. The molecule has 0 heterocycles. The first-order valence-corrected chi connectivity index (χ1v) is 16.5. The Hall–Kier alpha value is -3.15. The van der Waals surface area contributed by atoms with Crippen molar-refractivity contribution in [1.29, 1.82) is 0 Å². The predicted octanol–water partition coefficient (Wildman–Crippen LogP) is 8.24. The second-order valence-electron chi connectivity index (χ2n) is 12.5. The Bertz CT molecular complexity index is 1380. The fraction of sp³-hybridized carbons (Fsp3) is 0.316. The van der Waals surface area contributed by atoms with Crippen molar-refractivity contribution in [3.63, 3.8) is 0 Å². The van der Waals surface area contributed by atoms with E-state index in [1.807, 2.05) is 0 Å². The molecule has 0 aliphatic heterocycles. The molecule has 1 nitrogen and oxygen atoms in total. The van der Waals surface area contributed by atoms with E-state index in [0.29, 0.717) is 0 Å². The van der Waals surface area contributed by atoms with Crippen molar-refractivity contribution >= 4 is 35.6 Å². The SMILES string of the molecule is Cc1cccc(P(c2ccccc2)c2ccccc2)c1N(C/C=C\c1ccccc1)C12CC3CC(CC(C3)C1)C2. The Labute approximate surface area is 241 Å². The van der Waals surface area contributed by atoms with Crippen molar-refractivity contribution in [2.45, 2.75) is 51.0 Å². The fourth-order valence-electron chi connectivity index (χ4n) is 8.53. The summed E-state index contributed by atoms with van der Waals surface area (Å²) in [6, 6.07) is 40.4. The summed E-state index contributed by atoms with van der Waals surface area (Å²) in [7, 11) is -0.681. The molecule has 40 heavy (non-hydrogen) atoms. The normalized spacial score (nSPS) is 25.1. The zero-order valence-corrected chi connectivity index (χ0v) is 24.5. The van der Waals surface area contributed by atoms with Gasteiger partial charge in [-0.25, -0.2) is 0 Å². The van der Waals surface area contributed by atoms with Crippen molar-refractivity contribution in [2.24, 2.45) is 17.8 Å². The highest BCUT2D eigenvalue weighted by Gasteiger charge is 2.54. The van der Waals surface area contributed by atoms with Gasteiger partial charge >= 0.3 is 0 Å². The van der Waals surface area contributed by atoms with Gasteiger partial charge in [0.1, 0.15) is 0 Å². The third-order valence-corrected chi connectivity index (χ3v) is 12.2. The molecule has 0 amide bonds. The van der Waals surface area contributed by atoms with Crippen LogP contribution >= 0.6 is 7.92 Å². The van der Waals surface area contributed by atoms with Crippen molar-refractivity contribution < 1.29 is 0 Å². The standard InChI is InChI=1S/C38H40NP/c1-29-13-11-21-36(40(34-17-7-3-8-18-34)35-19-9-4-10-20-35)37(29)39(22-12-16-30-14-5-2-6-15-30)38-26-31-23-32(27-38)25-33(24-31)28-38/h2-21,31-33H,22-28H2,1H3/b16-12-. The van der Waals surface area contributed by atoms with Gasteiger partial charge in [0.2, 0.25) is 0 Å². The first-order chi connectivity index (χ1) is 19.7. The number of hydrogen-bond donors (Lipinski definition) is 0. The molecule has 0 atom stereocenters. The Morgan fingerprint density at radius 1 is 0.675 bits per heavy atom. The molecule has 202 valence electrons. The average Bonchev–Trinajstić information content (AvgIpc) is 2.97. The van der Waals surface area contributed by atoms with Gasteiger partial charge in [-0.05, 0) is 92.9 Å². The van der Waals surface area contributed by atoms with E-state index >= 15 is 0 Å². The molecule has 4 fully saturated rings. The lowest BCUT2D eigenvalue weighted by molar-refractivity contribution is -0.00330. The zero-order valence-electron chi connectivity index (χ0n) is 23.6. The van der Waals surface area contributed by atoms with Gasteiger partial charge in [0, 0.05) is 23.1 Å². The fourth-order valence-corrected chi connectivity index (χ4v) is 11.1. The Morgan fingerprint density at radius 2 is 1.20 bits per heavy atom. The predicted molar refractivity (Wildman–Crippen MR) is 174 cm³/mol. The van der Waals surface area contributed by atoms with Crippen LogP contribution in [0.2, 0.25) is 0 Å². The minimum atomic E-state index is -0.681. The first kappa shape index (κ1) is 25.8. The molecule has 4 aromatic carbocycles. The van der Waals surface area contributed by atoms with Crippen LogP contribution < -0.4 is 20.8 Å². The molecule has 4 bridgehead atoms. The van der Waals surface area contributed by atoms with E-state index in [-0.39, 0.29) is 5.54 Å². The van der Waals surface area contributed by atoms with Crippen molar-refractivity contribution in [1.82, 2.24) is 0 Å². The lowest BCUT2D eigenvalue weighted by atomic mass is 9.52. The van der Waals surface area contributed by atoms with Crippen LogP contribution in [0.25, 0.3) is 6.08 Å². The minimum absolute atomic E-state index is 0.269. The molecule has 4 aromatic rings. The first-order valence-electron chi connectivity index (χ1n) is 15.2. The van der Waals surface area contributed by atoms with Crippen molar-refractivity contribution in [3.05, 3.63) is 126 Å². The number of benzene rings is 4. The lowest BCUT2D eigenvalue weighted by Crippen LogP contribution is -2.61. The van der Waals surface area contributed by atoms with Crippen LogP contribution in [-0.2, 0) is 0 Å².